The van der Waals surface area contributed by atoms with Gasteiger partial charge in [-0.05, 0) is 70.1 Å². The third kappa shape index (κ3) is 41.4. The first kappa shape index (κ1) is 58.1. The minimum absolute atomic E-state index is 0.0463. The number of rotatable bonds is 47. The van der Waals surface area contributed by atoms with E-state index in [-0.39, 0.29) is 37.2 Å². The van der Waals surface area contributed by atoms with Crippen molar-refractivity contribution < 1.29 is 38.1 Å². The first-order valence-electron chi connectivity index (χ1n) is 25.7. The van der Waals surface area contributed by atoms with E-state index in [1.54, 1.807) is 0 Å². The van der Waals surface area contributed by atoms with Crippen molar-refractivity contribution in [2.45, 2.75) is 259 Å². The number of hydrogen-bond acceptors (Lipinski definition) is 8. The number of Topliss-reactive ketones (excluding diaryl/α,β-unsaturated/α-hetero) is 1. The molecule has 0 aromatic rings. The van der Waals surface area contributed by atoms with Crippen molar-refractivity contribution in [1.82, 2.24) is 0 Å². The van der Waals surface area contributed by atoms with E-state index < -0.39 is 6.16 Å². The summed E-state index contributed by atoms with van der Waals surface area (Å²) in [5, 5.41) is 0. The molecule has 0 saturated heterocycles. The van der Waals surface area contributed by atoms with Crippen molar-refractivity contribution in [2.24, 2.45) is 11.8 Å². The molecule has 0 amide bonds. The van der Waals surface area contributed by atoms with Gasteiger partial charge in [-0.2, -0.15) is 0 Å². The predicted molar refractivity (Wildman–Crippen MR) is 250 cm³/mol. The van der Waals surface area contributed by atoms with Crippen LogP contribution in [-0.4, -0.2) is 57.2 Å². The van der Waals surface area contributed by atoms with Gasteiger partial charge in [-0.25, -0.2) is 4.79 Å². The van der Waals surface area contributed by atoms with Crippen LogP contribution in [-0.2, 0) is 33.3 Å². The van der Waals surface area contributed by atoms with Crippen LogP contribution in [0.25, 0.3) is 0 Å². The minimum Gasteiger partial charge on any atom is -0.465 e. The van der Waals surface area contributed by atoms with Gasteiger partial charge in [-0.15, -0.1) is 0 Å². The molecule has 0 spiro atoms. The number of esters is 1. The fraction of sp³-hybridized carbons (Fsp3) is 0.904. The van der Waals surface area contributed by atoms with E-state index in [2.05, 4.69) is 46.8 Å². The van der Waals surface area contributed by atoms with Crippen LogP contribution in [0.15, 0.2) is 12.2 Å². The van der Waals surface area contributed by atoms with E-state index in [0.29, 0.717) is 57.8 Å². The maximum Gasteiger partial charge on any atom is 0.508 e. The number of carbonyl (C=O) groups excluding carboxylic acids is 3. The number of unbranched alkanes of at least 4 members (excludes halogenated alkanes) is 21. The largest absolute Gasteiger partial charge is 0.508 e. The van der Waals surface area contributed by atoms with Gasteiger partial charge in [0.05, 0.1) is 13.2 Å². The Hall–Kier alpha value is -1.93. The molecule has 1 unspecified atom stereocenters. The highest BCUT2D eigenvalue weighted by molar-refractivity contribution is 5.78. The zero-order chi connectivity index (χ0) is 44.0. The molecule has 1 atom stereocenters. The summed E-state index contributed by atoms with van der Waals surface area (Å²) in [6, 6.07) is 0. The lowest BCUT2D eigenvalue weighted by Crippen LogP contribution is -2.23. The minimum atomic E-state index is -0.705. The Labute approximate surface area is 371 Å². The molecular formula is C52H98O8. The van der Waals surface area contributed by atoms with Crippen molar-refractivity contribution in [3.63, 3.8) is 0 Å². The van der Waals surface area contributed by atoms with Crippen LogP contribution in [0.4, 0.5) is 4.79 Å². The Kier molecular flexibility index (Phi) is 45.1. The van der Waals surface area contributed by atoms with Crippen molar-refractivity contribution in [2.75, 3.05) is 33.0 Å². The van der Waals surface area contributed by atoms with Crippen molar-refractivity contribution in [3.8, 4) is 0 Å². The molecule has 0 aliphatic carbocycles. The summed E-state index contributed by atoms with van der Waals surface area (Å²) in [7, 11) is 0. The fourth-order valence-corrected chi connectivity index (χ4v) is 7.47. The van der Waals surface area contributed by atoms with Gasteiger partial charge in [-0.1, -0.05) is 175 Å². The summed E-state index contributed by atoms with van der Waals surface area (Å²) in [4.78, 5) is 38.3. The van der Waals surface area contributed by atoms with E-state index in [9.17, 15) is 14.4 Å². The van der Waals surface area contributed by atoms with Crippen LogP contribution in [0.5, 0.6) is 0 Å². The van der Waals surface area contributed by atoms with Gasteiger partial charge in [0.25, 0.3) is 0 Å². The van der Waals surface area contributed by atoms with Gasteiger partial charge in [0.2, 0.25) is 0 Å². The zero-order valence-corrected chi connectivity index (χ0v) is 40.2. The molecule has 0 saturated carbocycles. The average molecular weight is 851 g/mol. The fourth-order valence-electron chi connectivity index (χ4n) is 7.47. The molecule has 0 aromatic heterocycles. The van der Waals surface area contributed by atoms with Gasteiger partial charge in [0, 0.05) is 44.8 Å². The number of hydrogen-bond donors (Lipinski definition) is 0. The molecule has 0 rings (SSSR count). The SMILES string of the molecule is CCCCCCCC/C=C\CCCCCCCC(=O)OCC(CCC(=O)CCC(OCCCCCCCC)OCCCCCCCC)COC(=O)OCCCC(CC)CC. The molecule has 0 heterocycles. The summed E-state index contributed by atoms with van der Waals surface area (Å²) in [5.74, 6) is 0.232. The lowest BCUT2D eigenvalue weighted by Gasteiger charge is -2.19. The monoisotopic (exact) mass is 851 g/mol. The molecule has 354 valence electrons. The van der Waals surface area contributed by atoms with Crippen LogP contribution in [0.1, 0.15) is 253 Å². The second-order valence-corrected chi connectivity index (χ2v) is 17.4. The Morgan fingerprint density at radius 2 is 0.883 bits per heavy atom. The van der Waals surface area contributed by atoms with Crippen molar-refractivity contribution in [1.29, 1.82) is 0 Å². The number of ether oxygens (including phenoxy) is 5. The summed E-state index contributed by atoms with van der Waals surface area (Å²) in [6.07, 6.45) is 39.7. The van der Waals surface area contributed by atoms with Crippen molar-refractivity contribution >= 4 is 17.9 Å². The highest BCUT2D eigenvalue weighted by Crippen LogP contribution is 2.18. The van der Waals surface area contributed by atoms with E-state index >= 15 is 0 Å². The first-order valence-corrected chi connectivity index (χ1v) is 25.7. The second-order valence-electron chi connectivity index (χ2n) is 17.4. The third-order valence-electron chi connectivity index (χ3n) is 11.8. The molecule has 0 aliphatic heterocycles. The molecule has 0 fully saturated rings. The Bertz CT molecular complexity index is 946. The maximum absolute atomic E-state index is 13.2. The Morgan fingerprint density at radius 1 is 0.417 bits per heavy atom. The highest BCUT2D eigenvalue weighted by atomic mass is 16.7. The van der Waals surface area contributed by atoms with Gasteiger partial charge in [-0.3, -0.25) is 9.59 Å². The Balaban J connectivity index is 4.81. The Morgan fingerprint density at radius 3 is 1.42 bits per heavy atom. The smallest absolute Gasteiger partial charge is 0.465 e. The molecule has 0 aliphatic rings. The molecule has 8 nitrogen and oxygen atoms in total. The molecule has 0 N–H and O–H groups in total. The van der Waals surface area contributed by atoms with Gasteiger partial charge >= 0.3 is 12.1 Å². The van der Waals surface area contributed by atoms with Crippen LogP contribution >= 0.6 is 0 Å². The maximum atomic E-state index is 13.2. The molecular weight excluding hydrogens is 753 g/mol. The van der Waals surface area contributed by atoms with Gasteiger partial charge in [0.1, 0.15) is 12.4 Å². The molecule has 0 bridgehead atoms. The molecule has 0 radical (unpaired) electrons. The normalized spacial score (nSPS) is 12.2. The van der Waals surface area contributed by atoms with Crippen LogP contribution in [0.3, 0.4) is 0 Å². The molecule has 8 heteroatoms. The average Bonchev–Trinajstić information content (AvgIpc) is 3.25. The predicted octanol–water partition coefficient (Wildman–Crippen LogP) is 15.8. The third-order valence-corrected chi connectivity index (χ3v) is 11.8. The quantitative estimate of drug-likeness (QED) is 0.0258. The molecule has 60 heavy (non-hydrogen) atoms. The van der Waals surface area contributed by atoms with E-state index in [4.69, 9.17) is 23.7 Å². The summed E-state index contributed by atoms with van der Waals surface area (Å²) < 4.78 is 28.8. The topological polar surface area (TPSA) is 97.4 Å². The number of ketones is 1. The second kappa shape index (κ2) is 46.6. The highest BCUT2D eigenvalue weighted by Gasteiger charge is 2.19. The summed E-state index contributed by atoms with van der Waals surface area (Å²) in [5.41, 5.74) is 0. The van der Waals surface area contributed by atoms with Crippen LogP contribution < -0.4 is 0 Å². The standard InChI is InChI=1S/C52H98O8/c1-6-11-14-17-20-21-22-23-24-25-26-27-28-29-32-37-50(54)59-45-48(46-60-52(55)58-44-35-36-47(9-4)10-5)38-39-49(53)40-41-51(56-42-33-30-18-15-12-7-2)57-43-34-31-19-16-13-8-3/h23-24,47-48,51H,6-22,25-46H2,1-5H3/b24-23-. The van der Waals surface area contributed by atoms with Crippen LogP contribution in [0.2, 0.25) is 0 Å². The summed E-state index contributed by atoms with van der Waals surface area (Å²) in [6.45, 7) is 12.9. The number of allylic oxidation sites excluding steroid dienone is 2. The van der Waals surface area contributed by atoms with E-state index in [1.165, 1.54) is 109 Å². The van der Waals surface area contributed by atoms with Gasteiger partial charge in [0.15, 0.2) is 6.29 Å². The zero-order valence-electron chi connectivity index (χ0n) is 40.2. The van der Waals surface area contributed by atoms with Gasteiger partial charge < -0.3 is 23.7 Å². The first-order chi connectivity index (χ1) is 29.4. The van der Waals surface area contributed by atoms with E-state index in [0.717, 1.165) is 77.0 Å². The lowest BCUT2D eigenvalue weighted by molar-refractivity contribution is -0.151. The lowest BCUT2D eigenvalue weighted by atomic mass is 9.98. The summed E-state index contributed by atoms with van der Waals surface area (Å²) >= 11 is 0. The van der Waals surface area contributed by atoms with E-state index in [1.807, 2.05) is 0 Å². The molecule has 0 aromatic carbocycles. The van der Waals surface area contributed by atoms with Crippen LogP contribution in [0, 0.1) is 11.8 Å². The number of carbonyl (C=O) groups is 3. The van der Waals surface area contributed by atoms with Crippen molar-refractivity contribution in [3.05, 3.63) is 12.2 Å².